The maximum absolute atomic E-state index is 10.8. The Labute approximate surface area is 117 Å². The zero-order chi connectivity index (χ0) is 13.1. The number of carboxylic acids is 1. The zero-order valence-corrected chi connectivity index (χ0v) is 11.7. The average molecular weight is 327 g/mol. The normalized spacial score (nSPS) is 10.3. The van der Waals surface area contributed by atoms with Crippen LogP contribution < -0.4 is 11.1 Å². The fraction of sp³-hybridized carbons (Fsp3) is 0.0833. The number of nitrogens with two attached hydrogens (primary N) is 1. The first-order valence-corrected chi connectivity index (χ1v) is 6.83. The van der Waals surface area contributed by atoms with Gasteiger partial charge >= 0.3 is 5.97 Å². The number of rotatable bonds is 4. The van der Waals surface area contributed by atoms with E-state index in [-0.39, 0.29) is 11.3 Å². The van der Waals surface area contributed by atoms with E-state index >= 15 is 0 Å². The molecule has 0 atom stereocenters. The Balaban J connectivity index is 2.06. The smallest absolute Gasteiger partial charge is 0.337 e. The van der Waals surface area contributed by atoms with Gasteiger partial charge in [-0.15, -0.1) is 11.3 Å². The standard InChI is InChI=1S/C12H11BrN2O2S/c13-7-3-9(18-6-7)5-15-8-1-2-10(12(16)17)11(14)4-8/h1-4,6,15H,5,14H2,(H,16,17). The zero-order valence-electron chi connectivity index (χ0n) is 9.31. The summed E-state index contributed by atoms with van der Waals surface area (Å²) in [6, 6.07) is 6.88. The van der Waals surface area contributed by atoms with Crippen LogP contribution in [0.3, 0.4) is 0 Å². The Morgan fingerprint density at radius 2 is 2.22 bits per heavy atom. The van der Waals surface area contributed by atoms with Gasteiger partial charge in [0.2, 0.25) is 0 Å². The number of hydrogen-bond donors (Lipinski definition) is 3. The molecule has 94 valence electrons. The van der Waals surface area contributed by atoms with Crippen molar-refractivity contribution < 1.29 is 9.90 Å². The van der Waals surface area contributed by atoms with Crippen LogP contribution in [-0.2, 0) is 6.54 Å². The van der Waals surface area contributed by atoms with Crippen molar-refractivity contribution in [2.75, 3.05) is 11.1 Å². The predicted octanol–water partition coefficient (Wildman–Crippen LogP) is 3.40. The molecule has 2 aromatic rings. The average Bonchev–Trinajstić information content (AvgIpc) is 2.72. The Morgan fingerprint density at radius 1 is 1.44 bits per heavy atom. The molecule has 0 aliphatic rings. The van der Waals surface area contributed by atoms with Crippen molar-refractivity contribution in [3.63, 3.8) is 0 Å². The Morgan fingerprint density at radius 3 is 2.78 bits per heavy atom. The SMILES string of the molecule is Nc1cc(NCc2cc(Br)cs2)ccc1C(=O)O. The molecule has 1 aromatic carbocycles. The van der Waals surface area contributed by atoms with Gasteiger partial charge in [0, 0.05) is 32.6 Å². The third-order valence-electron chi connectivity index (χ3n) is 2.37. The molecule has 0 saturated heterocycles. The predicted molar refractivity (Wildman–Crippen MR) is 77.2 cm³/mol. The van der Waals surface area contributed by atoms with E-state index in [1.54, 1.807) is 23.5 Å². The molecule has 4 N–H and O–H groups in total. The Kier molecular flexibility index (Phi) is 3.88. The molecule has 2 rings (SSSR count). The lowest BCUT2D eigenvalue weighted by Crippen LogP contribution is -2.04. The van der Waals surface area contributed by atoms with Gasteiger partial charge < -0.3 is 16.2 Å². The molecule has 0 fully saturated rings. The van der Waals surface area contributed by atoms with Crippen LogP contribution >= 0.6 is 27.3 Å². The second kappa shape index (κ2) is 5.41. The molecule has 0 aliphatic carbocycles. The van der Waals surface area contributed by atoms with Crippen LogP contribution in [0.1, 0.15) is 15.2 Å². The summed E-state index contributed by atoms with van der Waals surface area (Å²) in [6.07, 6.45) is 0. The second-order valence-electron chi connectivity index (χ2n) is 3.69. The highest BCUT2D eigenvalue weighted by Crippen LogP contribution is 2.22. The summed E-state index contributed by atoms with van der Waals surface area (Å²) in [6.45, 7) is 0.683. The number of nitrogens with one attached hydrogen (secondary N) is 1. The maximum atomic E-state index is 10.8. The summed E-state index contributed by atoms with van der Waals surface area (Å²) >= 11 is 5.04. The lowest BCUT2D eigenvalue weighted by atomic mass is 10.1. The van der Waals surface area contributed by atoms with Crippen LogP contribution in [0.5, 0.6) is 0 Å². The molecule has 4 nitrogen and oxygen atoms in total. The molecule has 0 bridgehead atoms. The summed E-state index contributed by atoms with van der Waals surface area (Å²) in [5.74, 6) is -1.01. The monoisotopic (exact) mass is 326 g/mol. The van der Waals surface area contributed by atoms with E-state index in [1.807, 2.05) is 11.4 Å². The molecule has 0 aliphatic heterocycles. The summed E-state index contributed by atoms with van der Waals surface area (Å²) in [4.78, 5) is 12.0. The highest BCUT2D eigenvalue weighted by molar-refractivity contribution is 9.10. The van der Waals surface area contributed by atoms with Crippen LogP contribution in [0.2, 0.25) is 0 Å². The minimum atomic E-state index is -1.01. The molecule has 0 unspecified atom stereocenters. The summed E-state index contributed by atoms with van der Waals surface area (Å²) in [5.41, 5.74) is 6.87. The van der Waals surface area contributed by atoms with E-state index in [1.165, 1.54) is 10.9 Å². The van der Waals surface area contributed by atoms with E-state index < -0.39 is 5.97 Å². The lowest BCUT2D eigenvalue weighted by molar-refractivity contribution is 0.0698. The van der Waals surface area contributed by atoms with Gasteiger partial charge in [-0.2, -0.15) is 0 Å². The molecule has 0 amide bonds. The molecular weight excluding hydrogens is 316 g/mol. The van der Waals surface area contributed by atoms with Crippen LogP contribution in [-0.4, -0.2) is 11.1 Å². The largest absolute Gasteiger partial charge is 0.478 e. The number of halogens is 1. The molecule has 6 heteroatoms. The number of carbonyl (C=O) groups is 1. The highest BCUT2D eigenvalue weighted by Gasteiger charge is 2.07. The third kappa shape index (κ3) is 3.02. The van der Waals surface area contributed by atoms with E-state index in [0.29, 0.717) is 6.54 Å². The van der Waals surface area contributed by atoms with Crippen LogP contribution in [0, 0.1) is 0 Å². The fourth-order valence-electron chi connectivity index (χ4n) is 1.50. The van der Waals surface area contributed by atoms with Crippen LogP contribution in [0.15, 0.2) is 34.1 Å². The van der Waals surface area contributed by atoms with Crippen LogP contribution in [0.25, 0.3) is 0 Å². The maximum Gasteiger partial charge on any atom is 0.337 e. The molecule has 0 radical (unpaired) electrons. The molecular formula is C12H11BrN2O2S. The first kappa shape index (κ1) is 12.9. The third-order valence-corrected chi connectivity index (χ3v) is 4.07. The molecule has 0 spiro atoms. The van der Waals surface area contributed by atoms with Gasteiger partial charge in [0.15, 0.2) is 0 Å². The topological polar surface area (TPSA) is 75.3 Å². The lowest BCUT2D eigenvalue weighted by Gasteiger charge is -2.07. The number of aromatic carboxylic acids is 1. The minimum Gasteiger partial charge on any atom is -0.478 e. The number of nitrogen functional groups attached to an aromatic ring is 1. The van der Waals surface area contributed by atoms with Crippen LogP contribution in [0.4, 0.5) is 11.4 Å². The summed E-state index contributed by atoms with van der Waals surface area (Å²) < 4.78 is 1.06. The summed E-state index contributed by atoms with van der Waals surface area (Å²) in [7, 11) is 0. The molecule has 1 heterocycles. The first-order valence-electron chi connectivity index (χ1n) is 5.16. The fourth-order valence-corrected chi connectivity index (χ4v) is 2.89. The Bertz CT molecular complexity index is 583. The van der Waals surface area contributed by atoms with Gasteiger partial charge in [-0.3, -0.25) is 0 Å². The van der Waals surface area contributed by atoms with Gasteiger partial charge in [0.05, 0.1) is 5.56 Å². The van der Waals surface area contributed by atoms with E-state index in [2.05, 4.69) is 21.2 Å². The first-order chi connectivity index (χ1) is 8.56. The van der Waals surface area contributed by atoms with Gasteiger partial charge in [-0.25, -0.2) is 4.79 Å². The number of hydrogen-bond acceptors (Lipinski definition) is 4. The minimum absolute atomic E-state index is 0.124. The van der Waals surface area contributed by atoms with Gasteiger partial charge in [0.1, 0.15) is 0 Å². The van der Waals surface area contributed by atoms with Crippen molar-refractivity contribution >= 4 is 44.6 Å². The van der Waals surface area contributed by atoms with Crippen molar-refractivity contribution in [1.82, 2.24) is 0 Å². The van der Waals surface area contributed by atoms with E-state index in [9.17, 15) is 4.79 Å². The Hall–Kier alpha value is -1.53. The van der Waals surface area contributed by atoms with E-state index in [4.69, 9.17) is 10.8 Å². The van der Waals surface area contributed by atoms with Crippen molar-refractivity contribution in [2.45, 2.75) is 6.54 Å². The van der Waals surface area contributed by atoms with E-state index in [0.717, 1.165) is 10.2 Å². The quantitative estimate of drug-likeness (QED) is 0.752. The molecule has 0 saturated carbocycles. The van der Waals surface area contributed by atoms with Crippen molar-refractivity contribution in [2.24, 2.45) is 0 Å². The number of thiophene rings is 1. The molecule has 1 aromatic heterocycles. The second-order valence-corrected chi connectivity index (χ2v) is 5.60. The number of carboxylic acid groups (broad SMARTS) is 1. The van der Waals surface area contributed by atoms with Gasteiger partial charge in [-0.1, -0.05) is 0 Å². The highest BCUT2D eigenvalue weighted by atomic mass is 79.9. The number of anilines is 2. The molecule has 18 heavy (non-hydrogen) atoms. The van der Waals surface area contributed by atoms with Crippen molar-refractivity contribution in [3.8, 4) is 0 Å². The summed E-state index contributed by atoms with van der Waals surface area (Å²) in [5, 5.41) is 14.1. The van der Waals surface area contributed by atoms with Crippen molar-refractivity contribution in [1.29, 1.82) is 0 Å². The van der Waals surface area contributed by atoms with Gasteiger partial charge in [0.25, 0.3) is 0 Å². The van der Waals surface area contributed by atoms with Gasteiger partial charge in [-0.05, 0) is 40.2 Å². The van der Waals surface area contributed by atoms with Crippen molar-refractivity contribution in [3.05, 3.63) is 44.6 Å². The number of benzene rings is 1.